The molecule has 3 rings (SSSR count). The van der Waals surface area contributed by atoms with Crippen LogP contribution in [0.15, 0.2) is 30.5 Å². The van der Waals surface area contributed by atoms with Crippen LogP contribution in [0, 0.1) is 6.92 Å². The minimum Gasteiger partial charge on any atom is -0.370 e. The summed E-state index contributed by atoms with van der Waals surface area (Å²) in [6, 6.07) is 7.54. The SMILES string of the molecule is Cc1nccc(N2CCOC(c3ccc(Cl)c(Cl)c3)C2)n1. The molecule has 1 unspecified atom stereocenters. The van der Waals surface area contributed by atoms with E-state index in [2.05, 4.69) is 14.9 Å². The van der Waals surface area contributed by atoms with E-state index < -0.39 is 0 Å². The molecule has 0 spiro atoms. The molecule has 0 saturated carbocycles. The summed E-state index contributed by atoms with van der Waals surface area (Å²) in [6.45, 7) is 4.08. The van der Waals surface area contributed by atoms with Crippen LogP contribution in [-0.4, -0.2) is 29.7 Å². The van der Waals surface area contributed by atoms with Crippen LogP contribution in [0.5, 0.6) is 0 Å². The van der Waals surface area contributed by atoms with Crippen molar-refractivity contribution in [3.63, 3.8) is 0 Å². The third-order valence-corrected chi connectivity index (χ3v) is 4.21. The lowest BCUT2D eigenvalue weighted by Crippen LogP contribution is -2.39. The van der Waals surface area contributed by atoms with Crippen LogP contribution in [0.25, 0.3) is 0 Å². The van der Waals surface area contributed by atoms with Gasteiger partial charge in [-0.05, 0) is 30.7 Å². The largest absolute Gasteiger partial charge is 0.370 e. The highest BCUT2D eigenvalue weighted by Gasteiger charge is 2.23. The van der Waals surface area contributed by atoms with Gasteiger partial charge in [0.25, 0.3) is 0 Å². The van der Waals surface area contributed by atoms with Gasteiger partial charge in [-0.15, -0.1) is 0 Å². The number of anilines is 1. The number of rotatable bonds is 2. The molecule has 1 aliphatic heterocycles. The number of benzene rings is 1. The van der Waals surface area contributed by atoms with Gasteiger partial charge in [0, 0.05) is 19.3 Å². The summed E-state index contributed by atoms with van der Waals surface area (Å²) >= 11 is 12.0. The summed E-state index contributed by atoms with van der Waals surface area (Å²) in [7, 11) is 0. The first-order valence-electron chi connectivity index (χ1n) is 6.74. The lowest BCUT2D eigenvalue weighted by molar-refractivity contribution is 0.0395. The second-order valence-electron chi connectivity index (χ2n) is 4.94. The second-order valence-corrected chi connectivity index (χ2v) is 5.76. The molecule has 2 aromatic rings. The quantitative estimate of drug-likeness (QED) is 0.845. The van der Waals surface area contributed by atoms with Crippen molar-refractivity contribution in [2.24, 2.45) is 0 Å². The van der Waals surface area contributed by atoms with Crippen LogP contribution in [0.3, 0.4) is 0 Å². The maximum Gasteiger partial charge on any atom is 0.132 e. The number of nitrogens with zero attached hydrogens (tertiary/aromatic N) is 3. The fourth-order valence-corrected chi connectivity index (χ4v) is 2.70. The highest BCUT2D eigenvalue weighted by atomic mass is 35.5. The summed E-state index contributed by atoms with van der Waals surface area (Å²) in [5.74, 6) is 1.70. The molecule has 2 heterocycles. The van der Waals surface area contributed by atoms with Gasteiger partial charge >= 0.3 is 0 Å². The Balaban J connectivity index is 1.80. The molecule has 1 fully saturated rings. The molecule has 6 heteroatoms. The van der Waals surface area contributed by atoms with Crippen LogP contribution >= 0.6 is 23.2 Å². The number of hydrogen-bond acceptors (Lipinski definition) is 4. The number of aromatic nitrogens is 2. The normalized spacial score (nSPS) is 18.8. The Morgan fingerprint density at radius 2 is 2.10 bits per heavy atom. The average Bonchev–Trinajstić information content (AvgIpc) is 2.50. The summed E-state index contributed by atoms with van der Waals surface area (Å²) in [4.78, 5) is 10.8. The predicted octanol–water partition coefficient (Wildman–Crippen LogP) is 3.67. The topological polar surface area (TPSA) is 38.2 Å². The van der Waals surface area contributed by atoms with Gasteiger partial charge < -0.3 is 9.64 Å². The van der Waals surface area contributed by atoms with Crippen molar-refractivity contribution in [1.29, 1.82) is 0 Å². The Bertz CT molecular complexity index is 651. The zero-order chi connectivity index (χ0) is 14.8. The van der Waals surface area contributed by atoms with Gasteiger partial charge in [0.05, 0.1) is 16.7 Å². The number of ether oxygens (including phenoxy) is 1. The van der Waals surface area contributed by atoms with Crippen molar-refractivity contribution in [1.82, 2.24) is 9.97 Å². The van der Waals surface area contributed by atoms with Crippen LogP contribution in [0.1, 0.15) is 17.5 Å². The van der Waals surface area contributed by atoms with Crippen molar-refractivity contribution in [2.45, 2.75) is 13.0 Å². The molecule has 21 heavy (non-hydrogen) atoms. The zero-order valence-corrected chi connectivity index (χ0v) is 13.1. The maximum atomic E-state index is 6.09. The fraction of sp³-hybridized carbons (Fsp3) is 0.333. The van der Waals surface area contributed by atoms with Gasteiger partial charge in [-0.25, -0.2) is 9.97 Å². The molecule has 1 atom stereocenters. The highest BCUT2D eigenvalue weighted by molar-refractivity contribution is 6.42. The zero-order valence-electron chi connectivity index (χ0n) is 11.6. The number of aryl methyl sites for hydroxylation is 1. The Labute approximate surface area is 133 Å². The Morgan fingerprint density at radius 3 is 2.86 bits per heavy atom. The molecule has 0 N–H and O–H groups in total. The van der Waals surface area contributed by atoms with E-state index >= 15 is 0 Å². The molecular formula is C15H15Cl2N3O. The summed E-state index contributed by atoms with van der Waals surface area (Å²) < 4.78 is 5.85. The van der Waals surface area contributed by atoms with Gasteiger partial charge in [-0.2, -0.15) is 0 Å². The van der Waals surface area contributed by atoms with Crippen LogP contribution in [0.4, 0.5) is 5.82 Å². The third kappa shape index (κ3) is 3.28. The van der Waals surface area contributed by atoms with Crippen LogP contribution in [0.2, 0.25) is 10.0 Å². The monoisotopic (exact) mass is 323 g/mol. The molecule has 1 aromatic heterocycles. The molecule has 0 amide bonds. The van der Waals surface area contributed by atoms with Crippen LogP contribution < -0.4 is 4.90 Å². The molecular weight excluding hydrogens is 309 g/mol. The van der Waals surface area contributed by atoms with Crippen molar-refractivity contribution >= 4 is 29.0 Å². The second kappa shape index (κ2) is 6.18. The van der Waals surface area contributed by atoms with E-state index in [0.717, 1.165) is 30.3 Å². The van der Waals surface area contributed by atoms with Crippen molar-refractivity contribution in [3.05, 3.63) is 51.9 Å². The first kappa shape index (κ1) is 14.6. The first-order valence-corrected chi connectivity index (χ1v) is 7.50. The molecule has 1 aliphatic rings. The smallest absolute Gasteiger partial charge is 0.132 e. The average molecular weight is 324 g/mol. The summed E-state index contributed by atoms with van der Waals surface area (Å²) in [5, 5.41) is 1.10. The Morgan fingerprint density at radius 1 is 1.24 bits per heavy atom. The van der Waals surface area contributed by atoms with Crippen LogP contribution in [-0.2, 0) is 4.74 Å². The highest BCUT2D eigenvalue weighted by Crippen LogP contribution is 2.30. The number of hydrogen-bond donors (Lipinski definition) is 0. The molecule has 0 bridgehead atoms. The summed E-state index contributed by atoms with van der Waals surface area (Å²) in [6.07, 6.45) is 1.74. The summed E-state index contributed by atoms with van der Waals surface area (Å²) in [5.41, 5.74) is 1.03. The van der Waals surface area contributed by atoms with Gasteiger partial charge in [-0.1, -0.05) is 29.3 Å². The van der Waals surface area contributed by atoms with Gasteiger partial charge in [-0.3, -0.25) is 0 Å². The van der Waals surface area contributed by atoms with Gasteiger partial charge in [0.15, 0.2) is 0 Å². The van der Waals surface area contributed by atoms with Crippen molar-refractivity contribution in [2.75, 3.05) is 24.6 Å². The van der Waals surface area contributed by atoms with E-state index in [-0.39, 0.29) is 6.10 Å². The minimum atomic E-state index is -0.0382. The first-order chi connectivity index (χ1) is 10.1. The Kier molecular flexibility index (Phi) is 4.29. The standard InChI is InChI=1S/C15H15Cl2N3O/c1-10-18-5-4-15(19-10)20-6-7-21-14(9-20)11-2-3-12(16)13(17)8-11/h2-5,8,14H,6-7,9H2,1H3. The van der Waals surface area contributed by atoms with Crippen molar-refractivity contribution in [3.8, 4) is 0 Å². The van der Waals surface area contributed by atoms with E-state index in [1.54, 1.807) is 12.3 Å². The maximum absolute atomic E-state index is 6.09. The number of morpholine rings is 1. The predicted molar refractivity (Wildman–Crippen MR) is 84.1 cm³/mol. The van der Waals surface area contributed by atoms with E-state index in [9.17, 15) is 0 Å². The lowest BCUT2D eigenvalue weighted by atomic mass is 10.1. The molecule has 4 nitrogen and oxygen atoms in total. The minimum absolute atomic E-state index is 0.0382. The molecule has 110 valence electrons. The van der Waals surface area contributed by atoms with E-state index in [0.29, 0.717) is 16.7 Å². The molecule has 0 radical (unpaired) electrons. The van der Waals surface area contributed by atoms with Gasteiger partial charge in [0.2, 0.25) is 0 Å². The molecule has 1 aromatic carbocycles. The fourth-order valence-electron chi connectivity index (χ4n) is 2.39. The number of halogens is 2. The van der Waals surface area contributed by atoms with E-state index in [1.807, 2.05) is 25.1 Å². The van der Waals surface area contributed by atoms with E-state index in [1.165, 1.54) is 0 Å². The van der Waals surface area contributed by atoms with Gasteiger partial charge in [0.1, 0.15) is 17.7 Å². The molecule has 0 aliphatic carbocycles. The van der Waals surface area contributed by atoms with E-state index in [4.69, 9.17) is 27.9 Å². The third-order valence-electron chi connectivity index (χ3n) is 3.47. The lowest BCUT2D eigenvalue weighted by Gasteiger charge is -2.34. The molecule has 1 saturated heterocycles. The van der Waals surface area contributed by atoms with Crippen molar-refractivity contribution < 1.29 is 4.74 Å². The Hall–Kier alpha value is -1.36.